The van der Waals surface area contributed by atoms with Crippen LogP contribution in [-0.4, -0.2) is 38.7 Å². The molecule has 1 aromatic carbocycles. The summed E-state index contributed by atoms with van der Waals surface area (Å²) < 4.78 is 6.91. The van der Waals surface area contributed by atoms with Gasteiger partial charge < -0.3 is 10.1 Å². The fourth-order valence-electron chi connectivity index (χ4n) is 2.22. The van der Waals surface area contributed by atoms with Gasteiger partial charge in [-0.2, -0.15) is 10.2 Å². The Balaban J connectivity index is 1.49. The molecule has 0 aliphatic rings. The second-order valence-electron chi connectivity index (χ2n) is 5.18. The van der Waals surface area contributed by atoms with Crippen molar-refractivity contribution in [3.8, 4) is 11.4 Å². The molecule has 0 atom stereocenters. The zero-order valence-electron chi connectivity index (χ0n) is 13.1. The molecule has 7 nitrogen and oxygen atoms in total. The lowest BCUT2D eigenvalue weighted by atomic mass is 10.2. The van der Waals surface area contributed by atoms with E-state index in [2.05, 4.69) is 25.6 Å². The Bertz CT molecular complexity index is 721. The molecule has 23 heavy (non-hydrogen) atoms. The van der Waals surface area contributed by atoms with E-state index in [9.17, 15) is 0 Å². The normalized spacial score (nSPS) is 11.0. The van der Waals surface area contributed by atoms with Gasteiger partial charge in [0.25, 0.3) is 0 Å². The standard InChI is InChI=1S/C16H20N6O/c1-23-8-7-22-12-13(10-18-22)9-17-11-15-19-16(21-20-15)14-5-3-2-4-6-14/h2-6,10,12,17H,7-9,11H2,1H3,(H,19,20,21). The maximum atomic E-state index is 5.04. The van der Waals surface area contributed by atoms with Crippen molar-refractivity contribution in [3.63, 3.8) is 0 Å². The molecule has 0 aliphatic heterocycles. The molecule has 2 heterocycles. The summed E-state index contributed by atoms with van der Waals surface area (Å²) in [5.74, 6) is 1.53. The van der Waals surface area contributed by atoms with Crippen molar-refractivity contribution < 1.29 is 4.74 Å². The number of rotatable bonds is 8. The Hall–Kier alpha value is -2.51. The van der Waals surface area contributed by atoms with E-state index in [1.807, 2.05) is 47.4 Å². The van der Waals surface area contributed by atoms with E-state index >= 15 is 0 Å². The van der Waals surface area contributed by atoms with Gasteiger partial charge in [-0.1, -0.05) is 30.3 Å². The van der Waals surface area contributed by atoms with Gasteiger partial charge in [0.05, 0.1) is 25.9 Å². The molecule has 0 saturated heterocycles. The number of ether oxygens (including phenoxy) is 1. The third kappa shape index (κ3) is 4.24. The Morgan fingerprint density at radius 2 is 2.09 bits per heavy atom. The average molecular weight is 312 g/mol. The van der Waals surface area contributed by atoms with Crippen LogP contribution in [0, 0.1) is 0 Å². The number of nitrogens with zero attached hydrogens (tertiary/aromatic N) is 4. The van der Waals surface area contributed by atoms with Crippen LogP contribution in [0.1, 0.15) is 11.4 Å². The van der Waals surface area contributed by atoms with Gasteiger partial charge in [-0.15, -0.1) is 0 Å². The molecule has 0 fully saturated rings. The minimum atomic E-state index is 0.628. The summed E-state index contributed by atoms with van der Waals surface area (Å²) >= 11 is 0. The lowest BCUT2D eigenvalue weighted by Gasteiger charge is -2.00. The molecule has 0 saturated carbocycles. The fraction of sp³-hybridized carbons (Fsp3) is 0.312. The molecule has 0 radical (unpaired) electrons. The average Bonchev–Trinajstić information content (AvgIpc) is 3.23. The molecule has 7 heteroatoms. The minimum absolute atomic E-state index is 0.628. The van der Waals surface area contributed by atoms with E-state index in [0.717, 1.165) is 35.9 Å². The third-order valence-corrected chi connectivity index (χ3v) is 3.40. The van der Waals surface area contributed by atoms with Gasteiger partial charge in [0.2, 0.25) is 0 Å². The van der Waals surface area contributed by atoms with Gasteiger partial charge in [0.1, 0.15) is 5.82 Å². The Morgan fingerprint density at radius 3 is 2.91 bits per heavy atom. The summed E-state index contributed by atoms with van der Waals surface area (Å²) in [6.45, 7) is 2.78. The number of aromatic nitrogens is 5. The predicted molar refractivity (Wildman–Crippen MR) is 86.5 cm³/mol. The predicted octanol–water partition coefficient (Wildman–Crippen LogP) is 1.60. The molecule has 0 unspecified atom stereocenters. The fourth-order valence-corrected chi connectivity index (χ4v) is 2.22. The van der Waals surface area contributed by atoms with Crippen LogP contribution in [-0.2, 0) is 24.4 Å². The van der Waals surface area contributed by atoms with Crippen LogP contribution in [0.5, 0.6) is 0 Å². The maximum absolute atomic E-state index is 5.04. The van der Waals surface area contributed by atoms with Crippen molar-refractivity contribution >= 4 is 0 Å². The molecule has 3 aromatic rings. The van der Waals surface area contributed by atoms with E-state index < -0.39 is 0 Å². The van der Waals surface area contributed by atoms with Crippen molar-refractivity contribution in [1.82, 2.24) is 30.3 Å². The Kier molecular flexibility index (Phi) is 5.13. The quantitative estimate of drug-likeness (QED) is 0.660. The molecule has 0 bridgehead atoms. The van der Waals surface area contributed by atoms with Crippen LogP contribution in [0.4, 0.5) is 0 Å². The second-order valence-corrected chi connectivity index (χ2v) is 5.18. The van der Waals surface area contributed by atoms with Crippen LogP contribution in [0.15, 0.2) is 42.7 Å². The second kappa shape index (κ2) is 7.66. The summed E-state index contributed by atoms with van der Waals surface area (Å²) in [6.07, 6.45) is 3.88. The highest BCUT2D eigenvalue weighted by molar-refractivity contribution is 5.53. The minimum Gasteiger partial charge on any atom is -0.383 e. The van der Waals surface area contributed by atoms with Gasteiger partial charge in [0, 0.05) is 31.0 Å². The van der Waals surface area contributed by atoms with E-state index in [1.165, 1.54) is 0 Å². The summed E-state index contributed by atoms with van der Waals surface area (Å²) in [7, 11) is 1.69. The van der Waals surface area contributed by atoms with Crippen LogP contribution >= 0.6 is 0 Å². The lowest BCUT2D eigenvalue weighted by Crippen LogP contribution is -2.13. The monoisotopic (exact) mass is 312 g/mol. The van der Waals surface area contributed by atoms with Crippen LogP contribution < -0.4 is 5.32 Å². The van der Waals surface area contributed by atoms with Crippen LogP contribution in [0.25, 0.3) is 11.4 Å². The largest absolute Gasteiger partial charge is 0.383 e. The molecule has 0 aliphatic carbocycles. The Morgan fingerprint density at radius 1 is 1.22 bits per heavy atom. The maximum Gasteiger partial charge on any atom is 0.181 e. The smallest absolute Gasteiger partial charge is 0.181 e. The molecule has 2 N–H and O–H groups in total. The highest BCUT2D eigenvalue weighted by Crippen LogP contribution is 2.13. The van der Waals surface area contributed by atoms with Crippen molar-refractivity contribution in [1.29, 1.82) is 0 Å². The number of hydrogen-bond acceptors (Lipinski definition) is 5. The first-order valence-electron chi connectivity index (χ1n) is 7.53. The first kappa shape index (κ1) is 15.4. The van der Waals surface area contributed by atoms with Crippen LogP contribution in [0.2, 0.25) is 0 Å². The van der Waals surface area contributed by atoms with E-state index in [-0.39, 0.29) is 0 Å². The highest BCUT2D eigenvalue weighted by Gasteiger charge is 2.05. The molecule has 0 amide bonds. The topological polar surface area (TPSA) is 80.6 Å². The van der Waals surface area contributed by atoms with Gasteiger partial charge in [-0.25, -0.2) is 4.98 Å². The number of H-pyrrole nitrogens is 1. The van der Waals surface area contributed by atoms with Gasteiger partial charge in [0.15, 0.2) is 5.82 Å². The van der Waals surface area contributed by atoms with Crippen LogP contribution in [0.3, 0.4) is 0 Å². The summed E-state index contributed by atoms with van der Waals surface area (Å²) in [4.78, 5) is 4.49. The number of nitrogens with one attached hydrogen (secondary N) is 2. The van der Waals surface area contributed by atoms with Crippen molar-refractivity contribution in [2.24, 2.45) is 0 Å². The highest BCUT2D eigenvalue weighted by atomic mass is 16.5. The number of benzene rings is 1. The zero-order valence-corrected chi connectivity index (χ0v) is 13.1. The first-order valence-corrected chi connectivity index (χ1v) is 7.53. The third-order valence-electron chi connectivity index (χ3n) is 3.40. The first-order chi connectivity index (χ1) is 11.3. The van der Waals surface area contributed by atoms with E-state index in [1.54, 1.807) is 7.11 Å². The molecule has 120 valence electrons. The molecular formula is C16H20N6O. The van der Waals surface area contributed by atoms with E-state index in [0.29, 0.717) is 13.2 Å². The number of hydrogen-bond donors (Lipinski definition) is 2. The number of aromatic amines is 1. The van der Waals surface area contributed by atoms with Crippen molar-refractivity contribution in [2.75, 3.05) is 13.7 Å². The van der Waals surface area contributed by atoms with E-state index in [4.69, 9.17) is 4.74 Å². The SMILES string of the molecule is COCCn1cc(CNCc2nc(-c3ccccc3)n[nH]2)cn1. The molecule has 2 aromatic heterocycles. The molecular weight excluding hydrogens is 292 g/mol. The Labute approximate surface area is 134 Å². The molecule has 3 rings (SSSR count). The summed E-state index contributed by atoms with van der Waals surface area (Å²) in [5, 5.41) is 14.8. The van der Waals surface area contributed by atoms with Gasteiger partial charge in [-0.05, 0) is 0 Å². The summed E-state index contributed by atoms with van der Waals surface area (Å²) in [5.41, 5.74) is 2.14. The van der Waals surface area contributed by atoms with Gasteiger partial charge in [-0.3, -0.25) is 9.78 Å². The lowest BCUT2D eigenvalue weighted by molar-refractivity contribution is 0.183. The zero-order chi connectivity index (χ0) is 15.9. The van der Waals surface area contributed by atoms with Crippen molar-refractivity contribution in [2.45, 2.75) is 19.6 Å². The number of methoxy groups -OCH3 is 1. The van der Waals surface area contributed by atoms with Crippen molar-refractivity contribution in [3.05, 3.63) is 54.1 Å². The summed E-state index contributed by atoms with van der Waals surface area (Å²) in [6, 6.07) is 9.92. The molecule has 0 spiro atoms. The van der Waals surface area contributed by atoms with Gasteiger partial charge >= 0.3 is 0 Å².